The summed E-state index contributed by atoms with van der Waals surface area (Å²) < 4.78 is 0. The largest absolute Gasteiger partial charge is 0.478 e. The quantitative estimate of drug-likeness (QED) is 0.910. The molecule has 4 heteroatoms. The number of carbonyl (C=O) groups is 2. The number of nitrogens with zero attached hydrogens (tertiary/aromatic N) is 1. The lowest BCUT2D eigenvalue weighted by Crippen LogP contribution is -2.40. The highest BCUT2D eigenvalue weighted by molar-refractivity contribution is 6.04. The maximum absolute atomic E-state index is 12.4. The predicted molar refractivity (Wildman–Crippen MR) is 72.3 cm³/mol. The Balaban J connectivity index is 2.22. The SMILES string of the molecule is CCC1CCCN(C(=O)c2ccccc2C(=O)O)C1. The van der Waals surface area contributed by atoms with Crippen LogP contribution in [-0.2, 0) is 0 Å². The van der Waals surface area contributed by atoms with E-state index in [0.29, 0.717) is 11.5 Å². The van der Waals surface area contributed by atoms with Gasteiger partial charge < -0.3 is 10.0 Å². The van der Waals surface area contributed by atoms with Gasteiger partial charge in [0.1, 0.15) is 0 Å². The number of amides is 1. The number of aromatic carboxylic acids is 1. The van der Waals surface area contributed by atoms with E-state index < -0.39 is 5.97 Å². The maximum Gasteiger partial charge on any atom is 0.336 e. The number of carboxylic acid groups (broad SMARTS) is 1. The number of piperidine rings is 1. The van der Waals surface area contributed by atoms with Crippen LogP contribution in [0.1, 0.15) is 46.9 Å². The molecule has 1 N–H and O–H groups in total. The van der Waals surface area contributed by atoms with Crippen molar-refractivity contribution in [3.05, 3.63) is 35.4 Å². The van der Waals surface area contributed by atoms with E-state index in [1.165, 1.54) is 6.07 Å². The van der Waals surface area contributed by atoms with Crippen molar-refractivity contribution in [2.24, 2.45) is 5.92 Å². The zero-order valence-electron chi connectivity index (χ0n) is 11.1. The van der Waals surface area contributed by atoms with Gasteiger partial charge in [-0.1, -0.05) is 25.5 Å². The minimum atomic E-state index is -1.05. The summed E-state index contributed by atoms with van der Waals surface area (Å²) >= 11 is 0. The van der Waals surface area contributed by atoms with Crippen LogP contribution in [0.25, 0.3) is 0 Å². The van der Waals surface area contributed by atoms with Gasteiger partial charge in [0.15, 0.2) is 0 Å². The fourth-order valence-corrected chi connectivity index (χ4v) is 2.61. The second-order valence-electron chi connectivity index (χ2n) is 5.02. The summed E-state index contributed by atoms with van der Waals surface area (Å²) in [6, 6.07) is 6.43. The molecule has 0 aliphatic carbocycles. The number of hydrogen-bond acceptors (Lipinski definition) is 2. The van der Waals surface area contributed by atoms with Crippen molar-refractivity contribution in [3.8, 4) is 0 Å². The number of carbonyl (C=O) groups excluding carboxylic acids is 1. The lowest BCUT2D eigenvalue weighted by atomic mass is 9.94. The van der Waals surface area contributed by atoms with Crippen molar-refractivity contribution >= 4 is 11.9 Å². The molecule has 0 radical (unpaired) electrons. The van der Waals surface area contributed by atoms with Crippen LogP contribution < -0.4 is 0 Å². The normalized spacial score (nSPS) is 19.2. The van der Waals surface area contributed by atoms with Crippen LogP contribution >= 0.6 is 0 Å². The van der Waals surface area contributed by atoms with Gasteiger partial charge >= 0.3 is 5.97 Å². The molecular weight excluding hydrogens is 242 g/mol. The molecule has 0 spiro atoms. The summed E-state index contributed by atoms with van der Waals surface area (Å²) in [7, 11) is 0. The molecule has 1 amide bonds. The Kier molecular flexibility index (Phi) is 4.20. The Morgan fingerprint density at radius 3 is 2.63 bits per heavy atom. The maximum atomic E-state index is 12.4. The predicted octanol–water partition coefficient (Wildman–Crippen LogP) is 2.65. The van der Waals surface area contributed by atoms with Crippen LogP contribution in [0.4, 0.5) is 0 Å². The van der Waals surface area contributed by atoms with Gasteiger partial charge in [-0.25, -0.2) is 4.79 Å². The molecule has 1 aromatic rings. The summed E-state index contributed by atoms with van der Waals surface area (Å²) in [5, 5.41) is 9.14. The Morgan fingerprint density at radius 2 is 2.00 bits per heavy atom. The third kappa shape index (κ3) is 2.95. The molecule has 102 valence electrons. The van der Waals surface area contributed by atoms with Crippen molar-refractivity contribution in [2.45, 2.75) is 26.2 Å². The first-order valence-corrected chi connectivity index (χ1v) is 6.75. The molecule has 4 nitrogen and oxygen atoms in total. The third-order valence-electron chi connectivity index (χ3n) is 3.77. The molecule has 1 fully saturated rings. The van der Waals surface area contributed by atoms with E-state index in [-0.39, 0.29) is 11.5 Å². The third-order valence-corrected chi connectivity index (χ3v) is 3.77. The van der Waals surface area contributed by atoms with Gasteiger partial charge in [-0.05, 0) is 30.9 Å². The highest BCUT2D eigenvalue weighted by Gasteiger charge is 2.26. The van der Waals surface area contributed by atoms with Crippen LogP contribution in [0.5, 0.6) is 0 Å². The first-order chi connectivity index (χ1) is 9.13. The minimum absolute atomic E-state index is 0.0890. The molecule has 19 heavy (non-hydrogen) atoms. The first kappa shape index (κ1) is 13.6. The van der Waals surface area contributed by atoms with Crippen molar-refractivity contribution in [2.75, 3.05) is 13.1 Å². The Hall–Kier alpha value is -1.84. The number of hydrogen-bond donors (Lipinski definition) is 1. The highest BCUT2D eigenvalue weighted by atomic mass is 16.4. The van der Waals surface area contributed by atoms with E-state index in [2.05, 4.69) is 6.92 Å². The lowest BCUT2D eigenvalue weighted by molar-refractivity contribution is 0.0640. The van der Waals surface area contributed by atoms with Gasteiger partial charge in [-0.3, -0.25) is 4.79 Å². The molecular formula is C15H19NO3. The minimum Gasteiger partial charge on any atom is -0.478 e. The summed E-state index contributed by atoms with van der Waals surface area (Å²) in [6.07, 6.45) is 3.21. The molecule has 1 aliphatic rings. The Labute approximate surface area is 113 Å². The number of benzene rings is 1. The second-order valence-corrected chi connectivity index (χ2v) is 5.02. The fraction of sp³-hybridized carbons (Fsp3) is 0.467. The average Bonchev–Trinajstić information content (AvgIpc) is 2.46. The molecule has 0 saturated carbocycles. The average molecular weight is 261 g/mol. The summed E-state index contributed by atoms with van der Waals surface area (Å²) in [5.41, 5.74) is 0.387. The van der Waals surface area contributed by atoms with Gasteiger partial charge in [-0.2, -0.15) is 0 Å². The standard InChI is InChI=1S/C15H19NO3/c1-2-11-6-5-9-16(10-11)14(17)12-7-3-4-8-13(12)15(18)19/h3-4,7-8,11H,2,5-6,9-10H2,1H3,(H,18,19). The molecule has 1 aliphatic heterocycles. The molecule has 0 bridgehead atoms. The van der Waals surface area contributed by atoms with Crippen molar-refractivity contribution in [1.29, 1.82) is 0 Å². The van der Waals surface area contributed by atoms with Gasteiger partial charge in [-0.15, -0.1) is 0 Å². The molecule has 2 rings (SSSR count). The fourth-order valence-electron chi connectivity index (χ4n) is 2.61. The van der Waals surface area contributed by atoms with E-state index in [1.807, 2.05) is 0 Å². The van der Waals surface area contributed by atoms with Crippen molar-refractivity contribution < 1.29 is 14.7 Å². The van der Waals surface area contributed by atoms with Crippen LogP contribution in [0, 0.1) is 5.92 Å². The Morgan fingerprint density at radius 1 is 1.32 bits per heavy atom. The zero-order chi connectivity index (χ0) is 13.8. The topological polar surface area (TPSA) is 57.6 Å². The summed E-state index contributed by atoms with van der Waals surface area (Å²) in [6.45, 7) is 3.59. The van der Waals surface area contributed by atoms with Gasteiger partial charge in [0, 0.05) is 13.1 Å². The van der Waals surface area contributed by atoms with Crippen molar-refractivity contribution in [3.63, 3.8) is 0 Å². The van der Waals surface area contributed by atoms with Crippen LogP contribution in [0.15, 0.2) is 24.3 Å². The Bertz CT molecular complexity index is 484. The number of likely N-dealkylation sites (tertiary alicyclic amines) is 1. The van der Waals surface area contributed by atoms with E-state index >= 15 is 0 Å². The first-order valence-electron chi connectivity index (χ1n) is 6.75. The van der Waals surface area contributed by atoms with E-state index in [9.17, 15) is 9.59 Å². The van der Waals surface area contributed by atoms with Gasteiger partial charge in [0.25, 0.3) is 5.91 Å². The summed E-state index contributed by atoms with van der Waals surface area (Å²) in [5.74, 6) is -0.668. The monoisotopic (exact) mass is 261 g/mol. The smallest absolute Gasteiger partial charge is 0.336 e. The lowest BCUT2D eigenvalue weighted by Gasteiger charge is -2.32. The number of rotatable bonds is 3. The van der Waals surface area contributed by atoms with E-state index in [4.69, 9.17) is 5.11 Å². The zero-order valence-corrected chi connectivity index (χ0v) is 11.1. The molecule has 1 unspecified atom stereocenters. The molecule has 1 aromatic carbocycles. The van der Waals surface area contributed by atoms with Crippen LogP contribution in [0.2, 0.25) is 0 Å². The highest BCUT2D eigenvalue weighted by Crippen LogP contribution is 2.22. The number of carboxylic acids is 1. The van der Waals surface area contributed by atoms with E-state index in [1.54, 1.807) is 23.1 Å². The van der Waals surface area contributed by atoms with Crippen molar-refractivity contribution in [1.82, 2.24) is 4.90 Å². The van der Waals surface area contributed by atoms with Gasteiger partial charge in [0.2, 0.25) is 0 Å². The van der Waals surface area contributed by atoms with E-state index in [0.717, 1.165) is 32.4 Å². The van der Waals surface area contributed by atoms with Crippen LogP contribution in [-0.4, -0.2) is 35.0 Å². The molecule has 0 aromatic heterocycles. The second kappa shape index (κ2) is 5.87. The molecule has 1 heterocycles. The molecule has 1 saturated heterocycles. The van der Waals surface area contributed by atoms with Gasteiger partial charge in [0.05, 0.1) is 11.1 Å². The molecule has 1 atom stereocenters. The summed E-state index contributed by atoms with van der Waals surface area (Å²) in [4.78, 5) is 25.4. The van der Waals surface area contributed by atoms with Crippen LogP contribution in [0.3, 0.4) is 0 Å².